The Hall–Kier alpha value is -4.83. The van der Waals surface area contributed by atoms with Gasteiger partial charge in [0.1, 0.15) is 12.5 Å². The van der Waals surface area contributed by atoms with E-state index in [0.717, 1.165) is 18.4 Å². The van der Waals surface area contributed by atoms with Crippen LogP contribution in [0.2, 0.25) is 0 Å². The molecule has 7 heteroatoms. The van der Waals surface area contributed by atoms with Crippen molar-refractivity contribution in [1.82, 2.24) is 0 Å². The zero-order valence-electron chi connectivity index (χ0n) is 18.9. The molecular formula is C28H21N3O4. The molecule has 2 aromatic rings. The van der Waals surface area contributed by atoms with Crippen molar-refractivity contribution in [3.05, 3.63) is 113 Å². The van der Waals surface area contributed by atoms with E-state index in [4.69, 9.17) is 14.7 Å². The fourth-order valence-electron chi connectivity index (χ4n) is 4.04. The minimum Gasteiger partial charge on any atom is -0.465 e. The van der Waals surface area contributed by atoms with Crippen molar-refractivity contribution in [2.45, 2.75) is 19.8 Å². The van der Waals surface area contributed by atoms with Gasteiger partial charge in [0, 0.05) is 22.5 Å². The van der Waals surface area contributed by atoms with Gasteiger partial charge in [-0.1, -0.05) is 18.2 Å². The predicted octanol–water partition coefficient (Wildman–Crippen LogP) is 5.54. The van der Waals surface area contributed by atoms with Gasteiger partial charge in [-0.2, -0.15) is 5.26 Å². The maximum absolute atomic E-state index is 13.2. The number of Topliss-reactive ketones (excluding diaryl/α,β-unsaturated/α-hetero) is 1. The summed E-state index contributed by atoms with van der Waals surface area (Å²) in [5, 5.41) is 15.3. The first-order valence-corrected chi connectivity index (χ1v) is 11.1. The number of amides is 1. The number of carbonyl (C=O) groups is 2. The number of rotatable bonds is 5. The molecule has 0 atom stereocenters. The first-order valence-electron chi connectivity index (χ1n) is 11.1. The third-order valence-corrected chi connectivity index (χ3v) is 5.85. The van der Waals surface area contributed by atoms with Crippen LogP contribution >= 0.6 is 0 Å². The molecule has 2 aromatic carbocycles. The highest BCUT2D eigenvalue weighted by molar-refractivity contribution is 6.33. The van der Waals surface area contributed by atoms with Crippen LogP contribution in [0.4, 0.5) is 11.4 Å². The molecule has 2 heterocycles. The summed E-state index contributed by atoms with van der Waals surface area (Å²) in [4.78, 5) is 25.2. The summed E-state index contributed by atoms with van der Waals surface area (Å²) in [6.45, 7) is 1.48. The number of fused-ring (bicyclic) bond motifs is 1. The lowest BCUT2D eigenvalue weighted by Crippen LogP contribution is -2.16. The number of benzene rings is 2. The Kier molecular flexibility index (Phi) is 5.78. The van der Waals surface area contributed by atoms with E-state index in [1.807, 2.05) is 12.2 Å². The molecule has 0 unspecified atom stereocenters. The number of ether oxygens (including phenoxy) is 2. The molecule has 0 saturated heterocycles. The van der Waals surface area contributed by atoms with Crippen LogP contribution in [0.3, 0.4) is 0 Å². The van der Waals surface area contributed by atoms with Gasteiger partial charge in [-0.15, -0.1) is 0 Å². The van der Waals surface area contributed by atoms with E-state index in [-0.39, 0.29) is 11.7 Å². The topological polar surface area (TPSA) is 100 Å². The van der Waals surface area contributed by atoms with Crippen LogP contribution in [-0.2, 0) is 14.3 Å². The van der Waals surface area contributed by atoms with Crippen molar-refractivity contribution in [3.8, 4) is 6.07 Å². The van der Waals surface area contributed by atoms with Crippen molar-refractivity contribution in [2.24, 2.45) is 0 Å². The first-order chi connectivity index (χ1) is 17.0. The fraction of sp³-hybridized carbons (Fsp3) is 0.107. The maximum Gasteiger partial charge on any atom is 0.258 e. The minimum atomic E-state index is -0.336. The zero-order chi connectivity index (χ0) is 24.4. The van der Waals surface area contributed by atoms with Gasteiger partial charge < -0.3 is 20.1 Å². The molecule has 0 saturated carbocycles. The van der Waals surface area contributed by atoms with E-state index in [0.29, 0.717) is 50.9 Å². The van der Waals surface area contributed by atoms with Crippen LogP contribution in [0.15, 0.2) is 96.0 Å². The molecular weight excluding hydrogens is 442 g/mol. The number of anilines is 2. The number of carbonyl (C=O) groups excluding carboxylic acids is 2. The molecule has 5 rings (SSSR count). The number of hydrogen-bond donors (Lipinski definition) is 2. The van der Waals surface area contributed by atoms with Crippen LogP contribution in [0.1, 0.15) is 41.3 Å². The minimum absolute atomic E-state index is 0.105. The smallest absolute Gasteiger partial charge is 0.258 e. The highest BCUT2D eigenvalue weighted by Crippen LogP contribution is 2.39. The van der Waals surface area contributed by atoms with Gasteiger partial charge in [-0.05, 0) is 67.8 Å². The van der Waals surface area contributed by atoms with Crippen molar-refractivity contribution in [2.75, 3.05) is 10.6 Å². The summed E-state index contributed by atoms with van der Waals surface area (Å²) in [7, 11) is 0. The molecule has 3 aliphatic rings. The molecule has 0 aromatic heterocycles. The number of allylic oxidation sites excluding steroid dienone is 4. The zero-order valence-corrected chi connectivity index (χ0v) is 18.9. The van der Waals surface area contributed by atoms with Crippen LogP contribution in [0, 0.1) is 11.3 Å². The van der Waals surface area contributed by atoms with E-state index >= 15 is 0 Å². The molecule has 0 fully saturated rings. The molecule has 0 radical (unpaired) electrons. The van der Waals surface area contributed by atoms with Crippen molar-refractivity contribution >= 4 is 28.6 Å². The number of hydrogen-bond acceptors (Lipinski definition) is 6. The van der Waals surface area contributed by atoms with E-state index in [9.17, 15) is 9.59 Å². The van der Waals surface area contributed by atoms with Crippen LogP contribution < -0.4 is 10.6 Å². The summed E-state index contributed by atoms with van der Waals surface area (Å²) in [5.41, 5.74) is 4.52. The van der Waals surface area contributed by atoms with E-state index in [1.54, 1.807) is 42.5 Å². The Balaban J connectivity index is 1.61. The normalized spacial score (nSPS) is 17.5. The average Bonchev–Trinajstić information content (AvgIpc) is 3.23. The summed E-state index contributed by atoms with van der Waals surface area (Å²) >= 11 is 0. The molecule has 0 spiro atoms. The third kappa shape index (κ3) is 4.37. The Bertz CT molecular complexity index is 1430. The van der Waals surface area contributed by atoms with Crippen molar-refractivity contribution in [1.29, 1.82) is 5.26 Å². The van der Waals surface area contributed by atoms with E-state index < -0.39 is 0 Å². The Morgan fingerprint density at radius 1 is 1.14 bits per heavy atom. The van der Waals surface area contributed by atoms with Crippen LogP contribution in [0.25, 0.3) is 5.57 Å². The number of ketones is 1. The third-order valence-electron chi connectivity index (χ3n) is 5.85. The molecule has 172 valence electrons. The molecule has 2 aliphatic heterocycles. The molecule has 35 heavy (non-hydrogen) atoms. The molecule has 1 amide bonds. The molecule has 2 N–H and O–H groups in total. The van der Waals surface area contributed by atoms with E-state index in [1.165, 1.54) is 19.4 Å². The second-order valence-electron chi connectivity index (χ2n) is 8.20. The number of nitrogens with one attached hydrogen (secondary N) is 2. The highest BCUT2D eigenvalue weighted by atomic mass is 16.5. The van der Waals surface area contributed by atoms with Gasteiger partial charge in [-0.3, -0.25) is 9.59 Å². The Morgan fingerprint density at radius 2 is 1.97 bits per heavy atom. The van der Waals surface area contributed by atoms with Crippen LogP contribution in [-0.4, -0.2) is 11.7 Å². The molecule has 1 aliphatic carbocycles. The quantitative estimate of drug-likeness (QED) is 0.446. The summed E-state index contributed by atoms with van der Waals surface area (Å²) in [5.74, 6) is 0.431. The van der Waals surface area contributed by atoms with Gasteiger partial charge in [0.2, 0.25) is 0 Å². The Labute approximate surface area is 202 Å². The standard InChI is InChI=1S/C28H21N3O4/c1-17(32)20-9-12-23-22(13-20)26(28(33)31-23)27(30-21-10-7-18(14-29)8-11-21)25-16-34-15-24(35-25)19-5-3-2-4-6-19/h2-3,5,7-13,15-16,30H,4,6H2,1H3,(H,31,33). The summed E-state index contributed by atoms with van der Waals surface area (Å²) < 4.78 is 11.9. The SMILES string of the molecule is CC(=O)c1ccc2c(c1)C(=C(Nc1ccc(C#N)cc1)C1=COC=C(C3=CC=CCC3)O1)C(=O)N2. The number of nitrogens with zero attached hydrogens (tertiary/aromatic N) is 1. The summed E-state index contributed by atoms with van der Waals surface area (Å²) in [6, 6.07) is 14.0. The first kappa shape index (κ1) is 22.0. The molecule has 0 bridgehead atoms. The Morgan fingerprint density at radius 3 is 2.69 bits per heavy atom. The lowest BCUT2D eigenvalue weighted by atomic mass is 9.99. The van der Waals surface area contributed by atoms with E-state index in [2.05, 4.69) is 22.8 Å². The lowest BCUT2D eigenvalue weighted by Gasteiger charge is -2.23. The highest BCUT2D eigenvalue weighted by Gasteiger charge is 2.32. The molecule has 7 nitrogen and oxygen atoms in total. The van der Waals surface area contributed by atoms with Crippen molar-refractivity contribution < 1.29 is 19.1 Å². The lowest BCUT2D eigenvalue weighted by molar-refractivity contribution is -0.110. The largest absolute Gasteiger partial charge is 0.465 e. The average molecular weight is 463 g/mol. The predicted molar refractivity (Wildman–Crippen MR) is 132 cm³/mol. The maximum atomic E-state index is 13.2. The fourth-order valence-corrected chi connectivity index (χ4v) is 4.04. The van der Waals surface area contributed by atoms with Gasteiger partial charge in [0.15, 0.2) is 17.3 Å². The van der Waals surface area contributed by atoms with Gasteiger partial charge in [-0.25, -0.2) is 0 Å². The van der Waals surface area contributed by atoms with Gasteiger partial charge >= 0.3 is 0 Å². The second kappa shape index (κ2) is 9.20. The monoisotopic (exact) mass is 463 g/mol. The summed E-state index contributed by atoms with van der Waals surface area (Å²) in [6.07, 6.45) is 10.7. The second-order valence-corrected chi connectivity index (χ2v) is 8.20. The number of nitriles is 1. The van der Waals surface area contributed by atoms with Crippen molar-refractivity contribution in [3.63, 3.8) is 0 Å². The van der Waals surface area contributed by atoms with Gasteiger partial charge in [0.25, 0.3) is 5.91 Å². The van der Waals surface area contributed by atoms with Gasteiger partial charge in [0.05, 0.1) is 22.9 Å². The van der Waals surface area contributed by atoms with Crippen LogP contribution in [0.5, 0.6) is 0 Å².